The molecule has 4 heteroatoms. The summed E-state index contributed by atoms with van der Waals surface area (Å²) in [6.07, 6.45) is 1.14. The standard InChI is InChI=1S/C46H38N4/c1-45(2)29-46(3,4)39-28-41-37(27-38(39)45)36-20-11-12-21-40(36)50(41)35-24-22-32(23-25-35)43-47-42(31-16-9-6-10-17-31)48-44(49-43)34-19-13-18-33(26-34)30-14-7-5-8-15-30/h5-28H,29H2,1-4H3. The summed E-state index contributed by atoms with van der Waals surface area (Å²) >= 11 is 0. The van der Waals surface area contributed by atoms with Gasteiger partial charge in [0.2, 0.25) is 0 Å². The highest BCUT2D eigenvalue weighted by molar-refractivity contribution is 6.10. The van der Waals surface area contributed by atoms with Crippen molar-refractivity contribution < 1.29 is 0 Å². The number of aromatic nitrogens is 4. The summed E-state index contributed by atoms with van der Waals surface area (Å²) in [7, 11) is 0. The van der Waals surface area contributed by atoms with Crippen molar-refractivity contribution in [1.82, 2.24) is 19.5 Å². The molecule has 0 aliphatic heterocycles. The van der Waals surface area contributed by atoms with Gasteiger partial charge in [-0.15, -0.1) is 0 Å². The molecule has 2 aromatic heterocycles. The van der Waals surface area contributed by atoms with Gasteiger partial charge < -0.3 is 4.57 Å². The van der Waals surface area contributed by atoms with Gasteiger partial charge in [-0.3, -0.25) is 0 Å². The van der Waals surface area contributed by atoms with Crippen molar-refractivity contribution in [2.75, 3.05) is 0 Å². The first-order valence-corrected chi connectivity index (χ1v) is 17.4. The Kier molecular flexibility index (Phi) is 6.86. The second kappa shape index (κ2) is 11.3. The lowest BCUT2D eigenvalue weighted by Gasteiger charge is -2.22. The molecule has 0 spiro atoms. The molecule has 9 rings (SSSR count). The van der Waals surface area contributed by atoms with Gasteiger partial charge in [0.15, 0.2) is 17.5 Å². The van der Waals surface area contributed by atoms with Crippen molar-refractivity contribution in [3.8, 4) is 51.0 Å². The van der Waals surface area contributed by atoms with Gasteiger partial charge in [-0.1, -0.05) is 125 Å². The summed E-state index contributed by atoms with van der Waals surface area (Å²) < 4.78 is 2.42. The molecule has 1 aliphatic rings. The summed E-state index contributed by atoms with van der Waals surface area (Å²) in [5.41, 5.74) is 11.9. The van der Waals surface area contributed by atoms with Crippen LogP contribution in [0.4, 0.5) is 0 Å². The van der Waals surface area contributed by atoms with Gasteiger partial charge >= 0.3 is 0 Å². The number of benzene rings is 6. The van der Waals surface area contributed by atoms with Gasteiger partial charge in [0, 0.05) is 33.2 Å². The molecule has 0 unspecified atom stereocenters. The third kappa shape index (κ3) is 5.02. The van der Waals surface area contributed by atoms with Crippen LogP contribution in [-0.2, 0) is 10.8 Å². The summed E-state index contributed by atoms with van der Waals surface area (Å²) in [6, 6.07) is 51.4. The normalized spacial score (nSPS) is 14.6. The minimum Gasteiger partial charge on any atom is -0.309 e. The Hall–Kier alpha value is -5.87. The van der Waals surface area contributed by atoms with Crippen LogP contribution in [0.2, 0.25) is 0 Å². The third-order valence-electron chi connectivity index (χ3n) is 10.4. The molecule has 8 aromatic rings. The van der Waals surface area contributed by atoms with E-state index in [9.17, 15) is 0 Å². The van der Waals surface area contributed by atoms with Gasteiger partial charge in [-0.05, 0) is 88.0 Å². The lowest BCUT2D eigenvalue weighted by Crippen LogP contribution is -2.18. The summed E-state index contributed by atoms with van der Waals surface area (Å²) in [6.45, 7) is 9.55. The molecular weight excluding hydrogens is 609 g/mol. The van der Waals surface area contributed by atoms with Gasteiger partial charge in [0.05, 0.1) is 11.0 Å². The zero-order valence-electron chi connectivity index (χ0n) is 28.9. The van der Waals surface area contributed by atoms with E-state index < -0.39 is 0 Å². The van der Waals surface area contributed by atoms with E-state index in [1.165, 1.54) is 32.9 Å². The fraction of sp³-hybridized carbons (Fsp3) is 0.152. The number of fused-ring (bicyclic) bond motifs is 4. The van der Waals surface area contributed by atoms with E-state index in [0.717, 1.165) is 39.9 Å². The fourth-order valence-electron chi connectivity index (χ4n) is 8.29. The van der Waals surface area contributed by atoms with E-state index in [-0.39, 0.29) is 10.8 Å². The molecule has 50 heavy (non-hydrogen) atoms. The van der Waals surface area contributed by atoms with Crippen molar-refractivity contribution >= 4 is 21.8 Å². The van der Waals surface area contributed by atoms with Gasteiger partial charge in [-0.25, -0.2) is 15.0 Å². The van der Waals surface area contributed by atoms with E-state index >= 15 is 0 Å². The number of rotatable bonds is 5. The topological polar surface area (TPSA) is 43.6 Å². The van der Waals surface area contributed by atoms with Crippen LogP contribution in [0.3, 0.4) is 0 Å². The maximum Gasteiger partial charge on any atom is 0.164 e. The molecule has 0 saturated heterocycles. The SMILES string of the molecule is CC1(C)CC(C)(C)c2cc3c(cc21)c1ccccc1n3-c1ccc(-c2nc(-c3ccccc3)nc(-c3cccc(-c4ccccc4)c3)n2)cc1. The first-order valence-electron chi connectivity index (χ1n) is 17.4. The second-order valence-electron chi connectivity index (χ2n) is 14.9. The van der Waals surface area contributed by atoms with Gasteiger partial charge in [-0.2, -0.15) is 0 Å². The fourth-order valence-corrected chi connectivity index (χ4v) is 8.29. The van der Waals surface area contributed by atoms with Crippen LogP contribution in [-0.4, -0.2) is 19.5 Å². The lowest BCUT2D eigenvalue weighted by atomic mass is 9.82. The van der Waals surface area contributed by atoms with E-state index in [4.69, 9.17) is 15.0 Å². The molecule has 1 aliphatic carbocycles. The molecular formula is C46H38N4. The summed E-state index contributed by atoms with van der Waals surface area (Å²) in [5, 5.41) is 2.59. The highest BCUT2D eigenvalue weighted by Gasteiger charge is 2.42. The molecule has 0 saturated carbocycles. The smallest absolute Gasteiger partial charge is 0.164 e. The maximum absolute atomic E-state index is 5.07. The van der Waals surface area contributed by atoms with Crippen LogP contribution >= 0.6 is 0 Å². The van der Waals surface area contributed by atoms with Crippen molar-refractivity contribution in [2.24, 2.45) is 0 Å². The number of nitrogens with zero attached hydrogens (tertiary/aromatic N) is 4. The molecule has 0 fully saturated rings. The predicted molar refractivity (Wildman–Crippen MR) is 207 cm³/mol. The number of hydrogen-bond acceptors (Lipinski definition) is 3. The van der Waals surface area contributed by atoms with E-state index in [2.05, 4.69) is 141 Å². The zero-order chi connectivity index (χ0) is 34.0. The first-order chi connectivity index (χ1) is 24.2. The Balaban J connectivity index is 1.18. The minimum atomic E-state index is 0.117. The third-order valence-corrected chi connectivity index (χ3v) is 10.4. The molecule has 242 valence electrons. The molecule has 6 aromatic carbocycles. The van der Waals surface area contributed by atoms with E-state index in [1.54, 1.807) is 0 Å². The van der Waals surface area contributed by atoms with Crippen molar-refractivity contribution in [3.63, 3.8) is 0 Å². The number of para-hydroxylation sites is 1. The highest BCUT2D eigenvalue weighted by Crippen LogP contribution is 2.51. The monoisotopic (exact) mass is 646 g/mol. The van der Waals surface area contributed by atoms with Crippen LogP contribution in [0.15, 0.2) is 146 Å². The molecule has 2 heterocycles. The van der Waals surface area contributed by atoms with Crippen LogP contribution in [0.25, 0.3) is 72.8 Å². The largest absolute Gasteiger partial charge is 0.309 e. The summed E-state index contributed by atoms with van der Waals surface area (Å²) in [4.78, 5) is 15.1. The van der Waals surface area contributed by atoms with Crippen LogP contribution < -0.4 is 0 Å². The molecule has 0 bridgehead atoms. The average molecular weight is 647 g/mol. The predicted octanol–water partition coefficient (Wildman–Crippen LogP) is 11.6. The number of hydrogen-bond donors (Lipinski definition) is 0. The van der Waals surface area contributed by atoms with Crippen molar-refractivity contribution in [3.05, 3.63) is 157 Å². The molecule has 0 amide bonds. The van der Waals surface area contributed by atoms with Crippen LogP contribution in [0, 0.1) is 0 Å². The van der Waals surface area contributed by atoms with Gasteiger partial charge in [0.1, 0.15) is 0 Å². The van der Waals surface area contributed by atoms with Crippen molar-refractivity contribution in [1.29, 1.82) is 0 Å². The van der Waals surface area contributed by atoms with Crippen LogP contribution in [0.5, 0.6) is 0 Å². The lowest BCUT2D eigenvalue weighted by molar-refractivity contribution is 0.403. The Labute approximate surface area is 293 Å². The average Bonchev–Trinajstić information content (AvgIpc) is 3.57. The maximum atomic E-state index is 5.07. The Morgan fingerprint density at radius 2 is 0.940 bits per heavy atom. The quantitative estimate of drug-likeness (QED) is 0.187. The molecule has 0 radical (unpaired) electrons. The minimum absolute atomic E-state index is 0.117. The molecule has 4 nitrogen and oxygen atoms in total. The first kappa shape index (κ1) is 30.2. The van der Waals surface area contributed by atoms with E-state index in [1.807, 2.05) is 36.4 Å². The Morgan fingerprint density at radius 1 is 0.420 bits per heavy atom. The van der Waals surface area contributed by atoms with Crippen molar-refractivity contribution in [2.45, 2.75) is 44.9 Å². The highest BCUT2D eigenvalue weighted by atomic mass is 15.0. The zero-order valence-corrected chi connectivity index (χ0v) is 28.9. The molecule has 0 N–H and O–H groups in total. The molecule has 0 atom stereocenters. The van der Waals surface area contributed by atoms with Crippen LogP contribution in [0.1, 0.15) is 45.2 Å². The van der Waals surface area contributed by atoms with E-state index in [0.29, 0.717) is 17.5 Å². The second-order valence-corrected chi connectivity index (χ2v) is 14.9. The Bertz CT molecular complexity index is 2540. The Morgan fingerprint density at radius 3 is 1.62 bits per heavy atom. The van der Waals surface area contributed by atoms with Gasteiger partial charge in [0.25, 0.3) is 0 Å². The summed E-state index contributed by atoms with van der Waals surface area (Å²) in [5.74, 6) is 1.95.